The largest absolute Gasteiger partial charge is 0.372 e. The molecule has 0 spiro atoms. The molecule has 0 N–H and O–H groups in total. The molecule has 0 fully saturated rings. The molecule has 1 aromatic carbocycles. The van der Waals surface area contributed by atoms with Crippen LogP contribution in [-0.2, 0) is 0 Å². The highest BCUT2D eigenvalue weighted by Crippen LogP contribution is 2.15. The van der Waals surface area contributed by atoms with E-state index in [-0.39, 0.29) is 0 Å². The Hall–Kier alpha value is -0.980. The molecule has 1 heteroatoms. The van der Waals surface area contributed by atoms with Crippen molar-refractivity contribution in [1.29, 1.82) is 0 Å². The number of hydrogen-bond donors (Lipinski definition) is 0. The standard InChI is InChI=1S/C12H19N/c1-4-9-13(5-2)12-8-6-7-11(3)10-12/h6-8,10H,4-5,9H2,1-3H3. The molecule has 0 amide bonds. The van der Waals surface area contributed by atoms with Gasteiger partial charge in [0.05, 0.1) is 0 Å². The maximum absolute atomic E-state index is 2.41. The van der Waals surface area contributed by atoms with E-state index in [1.54, 1.807) is 0 Å². The van der Waals surface area contributed by atoms with Gasteiger partial charge >= 0.3 is 0 Å². The number of rotatable bonds is 4. The molecule has 13 heavy (non-hydrogen) atoms. The molecule has 0 atom stereocenters. The summed E-state index contributed by atoms with van der Waals surface area (Å²) in [7, 11) is 0. The summed E-state index contributed by atoms with van der Waals surface area (Å²) < 4.78 is 0. The predicted octanol–water partition coefficient (Wildman–Crippen LogP) is 3.23. The SMILES string of the molecule is CCCN(CC)c1cccc(C)c1. The Labute approximate surface area is 81.4 Å². The Morgan fingerprint density at radius 1 is 1.23 bits per heavy atom. The fourth-order valence-electron chi connectivity index (χ4n) is 1.56. The Morgan fingerprint density at radius 2 is 2.00 bits per heavy atom. The zero-order valence-electron chi connectivity index (χ0n) is 8.88. The zero-order chi connectivity index (χ0) is 9.68. The van der Waals surface area contributed by atoms with Crippen molar-refractivity contribution in [2.24, 2.45) is 0 Å². The van der Waals surface area contributed by atoms with Crippen LogP contribution in [0.15, 0.2) is 24.3 Å². The topological polar surface area (TPSA) is 3.24 Å². The number of benzene rings is 1. The highest BCUT2D eigenvalue weighted by molar-refractivity contribution is 5.48. The van der Waals surface area contributed by atoms with E-state index >= 15 is 0 Å². The van der Waals surface area contributed by atoms with E-state index in [0.29, 0.717) is 0 Å². The lowest BCUT2D eigenvalue weighted by Gasteiger charge is -2.22. The van der Waals surface area contributed by atoms with Crippen molar-refractivity contribution >= 4 is 5.69 Å². The van der Waals surface area contributed by atoms with E-state index in [1.807, 2.05) is 0 Å². The highest BCUT2D eigenvalue weighted by atomic mass is 15.1. The molecule has 1 rings (SSSR count). The molecular formula is C12H19N. The highest BCUT2D eigenvalue weighted by Gasteiger charge is 2.01. The van der Waals surface area contributed by atoms with E-state index in [4.69, 9.17) is 0 Å². The minimum absolute atomic E-state index is 1.09. The fraction of sp³-hybridized carbons (Fsp3) is 0.500. The molecule has 1 nitrogen and oxygen atoms in total. The molecule has 72 valence electrons. The molecule has 0 bridgehead atoms. The van der Waals surface area contributed by atoms with Crippen LogP contribution in [0.1, 0.15) is 25.8 Å². The van der Waals surface area contributed by atoms with Crippen LogP contribution in [0.25, 0.3) is 0 Å². The summed E-state index contributed by atoms with van der Waals surface area (Å²) in [5.74, 6) is 0. The van der Waals surface area contributed by atoms with Crippen molar-refractivity contribution in [2.45, 2.75) is 27.2 Å². The van der Waals surface area contributed by atoms with Gasteiger partial charge in [-0.25, -0.2) is 0 Å². The van der Waals surface area contributed by atoms with Gasteiger partial charge in [0.2, 0.25) is 0 Å². The van der Waals surface area contributed by atoms with Crippen molar-refractivity contribution in [2.75, 3.05) is 18.0 Å². The van der Waals surface area contributed by atoms with Crippen molar-refractivity contribution in [3.63, 3.8) is 0 Å². The van der Waals surface area contributed by atoms with Gasteiger partial charge in [-0.15, -0.1) is 0 Å². The maximum Gasteiger partial charge on any atom is 0.0368 e. The summed E-state index contributed by atoms with van der Waals surface area (Å²) in [5.41, 5.74) is 2.69. The Bertz CT molecular complexity index is 255. The average Bonchev–Trinajstić information content (AvgIpc) is 2.14. The third-order valence-electron chi connectivity index (χ3n) is 2.24. The molecule has 0 saturated heterocycles. The van der Waals surface area contributed by atoms with Gasteiger partial charge < -0.3 is 4.90 Å². The van der Waals surface area contributed by atoms with Crippen LogP contribution in [0.3, 0.4) is 0 Å². The first-order chi connectivity index (χ1) is 6.27. The van der Waals surface area contributed by atoms with Gasteiger partial charge in [-0.1, -0.05) is 19.1 Å². The molecule has 1 aromatic rings. The second kappa shape index (κ2) is 4.90. The molecule has 0 heterocycles. The van der Waals surface area contributed by atoms with E-state index in [1.165, 1.54) is 17.7 Å². The lowest BCUT2D eigenvalue weighted by Crippen LogP contribution is -2.23. The van der Waals surface area contributed by atoms with Gasteiger partial charge in [0.25, 0.3) is 0 Å². The lowest BCUT2D eigenvalue weighted by molar-refractivity contribution is 0.791. The second-order valence-corrected chi connectivity index (χ2v) is 3.42. The van der Waals surface area contributed by atoms with Crippen molar-refractivity contribution in [3.8, 4) is 0 Å². The summed E-state index contributed by atoms with van der Waals surface area (Å²) >= 11 is 0. The maximum atomic E-state index is 2.41. The van der Waals surface area contributed by atoms with Crippen LogP contribution >= 0.6 is 0 Å². The monoisotopic (exact) mass is 177 g/mol. The average molecular weight is 177 g/mol. The second-order valence-electron chi connectivity index (χ2n) is 3.42. The summed E-state index contributed by atoms with van der Waals surface area (Å²) in [4.78, 5) is 2.41. The molecule has 0 radical (unpaired) electrons. The molecule has 0 aliphatic heterocycles. The molecule has 0 aliphatic rings. The number of aryl methyl sites for hydroxylation is 1. The summed E-state index contributed by atoms with van der Waals surface area (Å²) in [5, 5.41) is 0. The van der Waals surface area contributed by atoms with Gasteiger partial charge in [0.1, 0.15) is 0 Å². The summed E-state index contributed by atoms with van der Waals surface area (Å²) in [6.45, 7) is 8.82. The Balaban J connectivity index is 2.78. The first-order valence-electron chi connectivity index (χ1n) is 5.09. The fourth-order valence-corrected chi connectivity index (χ4v) is 1.56. The summed E-state index contributed by atoms with van der Waals surface area (Å²) in [6.07, 6.45) is 1.21. The smallest absolute Gasteiger partial charge is 0.0368 e. The molecule has 0 aliphatic carbocycles. The van der Waals surface area contributed by atoms with Crippen LogP contribution in [0, 0.1) is 6.92 Å². The minimum Gasteiger partial charge on any atom is -0.372 e. The van der Waals surface area contributed by atoms with Gasteiger partial charge in [-0.3, -0.25) is 0 Å². The lowest BCUT2D eigenvalue weighted by atomic mass is 10.2. The first kappa shape index (κ1) is 10.1. The van der Waals surface area contributed by atoms with Crippen LogP contribution < -0.4 is 4.90 Å². The number of nitrogens with zero attached hydrogens (tertiary/aromatic N) is 1. The molecule has 0 unspecified atom stereocenters. The number of hydrogen-bond acceptors (Lipinski definition) is 1. The molecular weight excluding hydrogens is 158 g/mol. The van der Waals surface area contributed by atoms with E-state index in [0.717, 1.165) is 13.1 Å². The van der Waals surface area contributed by atoms with Crippen molar-refractivity contribution < 1.29 is 0 Å². The summed E-state index contributed by atoms with van der Waals surface area (Å²) in [6, 6.07) is 8.71. The van der Waals surface area contributed by atoms with E-state index in [9.17, 15) is 0 Å². The van der Waals surface area contributed by atoms with Crippen molar-refractivity contribution in [1.82, 2.24) is 0 Å². The van der Waals surface area contributed by atoms with Gasteiger partial charge in [-0.05, 0) is 38.0 Å². The van der Waals surface area contributed by atoms with E-state index in [2.05, 4.69) is 49.9 Å². The van der Waals surface area contributed by atoms with Crippen LogP contribution in [0.5, 0.6) is 0 Å². The minimum atomic E-state index is 1.09. The van der Waals surface area contributed by atoms with Gasteiger partial charge in [-0.2, -0.15) is 0 Å². The normalized spacial score (nSPS) is 10.1. The Morgan fingerprint density at radius 3 is 2.54 bits per heavy atom. The first-order valence-corrected chi connectivity index (χ1v) is 5.09. The van der Waals surface area contributed by atoms with Crippen LogP contribution in [0.2, 0.25) is 0 Å². The number of anilines is 1. The van der Waals surface area contributed by atoms with E-state index < -0.39 is 0 Å². The molecule has 0 saturated carbocycles. The quantitative estimate of drug-likeness (QED) is 0.682. The van der Waals surface area contributed by atoms with Crippen LogP contribution in [-0.4, -0.2) is 13.1 Å². The van der Waals surface area contributed by atoms with Crippen molar-refractivity contribution in [3.05, 3.63) is 29.8 Å². The van der Waals surface area contributed by atoms with Gasteiger partial charge in [0.15, 0.2) is 0 Å². The predicted molar refractivity (Wildman–Crippen MR) is 59.4 cm³/mol. The van der Waals surface area contributed by atoms with Gasteiger partial charge in [0, 0.05) is 18.8 Å². The third-order valence-corrected chi connectivity index (χ3v) is 2.24. The molecule has 0 aromatic heterocycles. The zero-order valence-corrected chi connectivity index (χ0v) is 8.88. The third kappa shape index (κ3) is 2.76. The van der Waals surface area contributed by atoms with Crippen LogP contribution in [0.4, 0.5) is 5.69 Å². The Kier molecular flexibility index (Phi) is 3.81.